The van der Waals surface area contributed by atoms with Crippen LogP contribution in [0.4, 0.5) is 4.79 Å². The van der Waals surface area contributed by atoms with Crippen molar-refractivity contribution in [2.75, 3.05) is 13.1 Å². The summed E-state index contributed by atoms with van der Waals surface area (Å²) in [5.41, 5.74) is 4.42. The van der Waals surface area contributed by atoms with Gasteiger partial charge in [-0.25, -0.2) is 4.79 Å². The Morgan fingerprint density at radius 1 is 1.26 bits per heavy atom. The second kappa shape index (κ2) is 9.49. The Morgan fingerprint density at radius 3 is 2.35 bits per heavy atom. The van der Waals surface area contributed by atoms with Crippen molar-refractivity contribution in [2.24, 2.45) is 5.73 Å². The van der Waals surface area contributed by atoms with E-state index < -0.39 is 36.2 Å². The molecule has 0 saturated heterocycles. The molecule has 0 aliphatic rings. The normalized spacial score (nSPS) is 12.0. The maximum atomic E-state index is 11.9. The molecule has 0 radical (unpaired) electrons. The van der Waals surface area contributed by atoms with Gasteiger partial charge in [-0.2, -0.15) is 0 Å². The highest BCUT2D eigenvalue weighted by Crippen LogP contribution is 2.07. The fraction of sp³-hybridized carbons (Fsp3) is 0.692. The minimum Gasteiger partial charge on any atom is -0.480 e. The Hall–Kier alpha value is -2.52. The molecule has 2 amide bonds. The van der Waals surface area contributed by atoms with E-state index in [4.69, 9.17) is 21.0 Å². The van der Waals surface area contributed by atoms with Gasteiger partial charge < -0.3 is 31.5 Å². The monoisotopic (exact) mass is 331 g/mol. The van der Waals surface area contributed by atoms with Crippen molar-refractivity contribution < 1.29 is 24.2 Å². The van der Waals surface area contributed by atoms with Gasteiger partial charge in [0.05, 0.1) is 0 Å². The van der Waals surface area contributed by atoms with Crippen LogP contribution in [0.15, 0.2) is 0 Å². The summed E-state index contributed by atoms with van der Waals surface area (Å²) in [6.07, 6.45) is -0.113. The second-order valence-electron chi connectivity index (χ2n) is 5.79. The summed E-state index contributed by atoms with van der Waals surface area (Å²) in [6, 6.07) is -0.946. The Bertz CT molecular complexity index is 447. The maximum absolute atomic E-state index is 11.9. The zero-order valence-electron chi connectivity index (χ0n) is 13.6. The number of hydrogen-bond donors (Lipinski definition) is 6. The van der Waals surface area contributed by atoms with Crippen molar-refractivity contribution in [1.29, 1.82) is 5.41 Å². The van der Waals surface area contributed by atoms with Crippen LogP contribution in [0.5, 0.6) is 0 Å². The van der Waals surface area contributed by atoms with E-state index >= 15 is 0 Å². The van der Waals surface area contributed by atoms with Gasteiger partial charge in [-0.15, -0.1) is 0 Å². The number of alkyl carbamates (subject to hydrolysis) is 1. The predicted molar refractivity (Wildman–Crippen MR) is 83.0 cm³/mol. The first-order chi connectivity index (χ1) is 10.5. The molecule has 0 unspecified atom stereocenters. The summed E-state index contributed by atoms with van der Waals surface area (Å²) < 4.78 is 5.07. The molecule has 0 heterocycles. The number of ether oxygens (including phenoxy) is 1. The standard InChI is InChI=1S/C13H25N5O5/c1-13(2,3)23-12(22)18-8(5-4-6-16-11(14)15)10(21)17-7-9(19)20/h8H,4-7H2,1-3H3,(H,17,21)(H,18,22)(H,19,20)(H4,14,15,16)/t8-/m0/s1. The quantitative estimate of drug-likeness (QED) is 0.195. The predicted octanol–water partition coefficient (Wildman–Crippen LogP) is -0.656. The van der Waals surface area contributed by atoms with E-state index in [1.54, 1.807) is 20.8 Å². The number of carbonyl (C=O) groups excluding carboxylic acids is 2. The third-order valence-electron chi connectivity index (χ3n) is 2.41. The highest BCUT2D eigenvalue weighted by Gasteiger charge is 2.24. The van der Waals surface area contributed by atoms with Crippen LogP contribution in [-0.4, -0.2) is 53.8 Å². The van der Waals surface area contributed by atoms with Crippen LogP contribution in [0.3, 0.4) is 0 Å². The van der Waals surface area contributed by atoms with Gasteiger partial charge in [0.2, 0.25) is 5.91 Å². The van der Waals surface area contributed by atoms with E-state index in [2.05, 4.69) is 16.0 Å². The average Bonchev–Trinajstić information content (AvgIpc) is 2.37. The molecule has 10 heteroatoms. The molecule has 1 atom stereocenters. The summed E-state index contributed by atoms with van der Waals surface area (Å²) in [5, 5.41) is 22.8. The smallest absolute Gasteiger partial charge is 0.408 e. The number of nitrogens with two attached hydrogens (primary N) is 1. The van der Waals surface area contributed by atoms with Crippen molar-refractivity contribution in [1.82, 2.24) is 16.0 Å². The van der Waals surface area contributed by atoms with Crippen LogP contribution in [0.2, 0.25) is 0 Å². The molecular weight excluding hydrogens is 306 g/mol. The lowest BCUT2D eigenvalue weighted by atomic mass is 10.1. The van der Waals surface area contributed by atoms with Gasteiger partial charge in [0.15, 0.2) is 5.96 Å². The Morgan fingerprint density at radius 2 is 1.87 bits per heavy atom. The number of carbonyl (C=O) groups is 3. The van der Waals surface area contributed by atoms with Crippen LogP contribution >= 0.6 is 0 Å². The lowest BCUT2D eigenvalue weighted by Crippen LogP contribution is -2.49. The molecule has 7 N–H and O–H groups in total. The SMILES string of the molecule is CC(C)(C)OC(=O)N[C@@H](CCCNC(=N)N)C(=O)NCC(=O)O. The number of carboxylic acids is 1. The number of aliphatic carboxylic acids is 1. The summed E-state index contributed by atoms with van der Waals surface area (Å²) in [6.45, 7) is 4.85. The van der Waals surface area contributed by atoms with E-state index in [9.17, 15) is 14.4 Å². The number of guanidine groups is 1. The van der Waals surface area contributed by atoms with E-state index in [-0.39, 0.29) is 12.4 Å². The molecule has 0 aliphatic heterocycles. The van der Waals surface area contributed by atoms with Crippen LogP contribution in [0.1, 0.15) is 33.6 Å². The first kappa shape index (κ1) is 20.5. The van der Waals surface area contributed by atoms with Crippen molar-refractivity contribution in [3.05, 3.63) is 0 Å². The van der Waals surface area contributed by atoms with Crippen LogP contribution < -0.4 is 21.7 Å². The van der Waals surface area contributed by atoms with Crippen LogP contribution in [0.25, 0.3) is 0 Å². The van der Waals surface area contributed by atoms with Crippen LogP contribution in [0, 0.1) is 5.41 Å². The highest BCUT2D eigenvalue weighted by molar-refractivity contribution is 5.88. The summed E-state index contributed by atoms with van der Waals surface area (Å²) >= 11 is 0. The third kappa shape index (κ3) is 11.8. The lowest BCUT2D eigenvalue weighted by molar-refractivity contribution is -0.138. The summed E-state index contributed by atoms with van der Waals surface area (Å²) in [5.74, 6) is -2.01. The van der Waals surface area contributed by atoms with E-state index in [0.29, 0.717) is 13.0 Å². The zero-order valence-corrected chi connectivity index (χ0v) is 13.6. The van der Waals surface area contributed by atoms with E-state index in [1.807, 2.05) is 0 Å². The molecule has 23 heavy (non-hydrogen) atoms. The van der Waals surface area contributed by atoms with Gasteiger partial charge in [-0.1, -0.05) is 0 Å². The first-order valence-electron chi connectivity index (χ1n) is 7.08. The molecule has 10 nitrogen and oxygen atoms in total. The highest BCUT2D eigenvalue weighted by atomic mass is 16.6. The largest absolute Gasteiger partial charge is 0.480 e. The lowest BCUT2D eigenvalue weighted by Gasteiger charge is -2.23. The Labute approximate surface area is 134 Å². The van der Waals surface area contributed by atoms with Gasteiger partial charge in [-0.05, 0) is 33.6 Å². The van der Waals surface area contributed by atoms with Gasteiger partial charge in [0.25, 0.3) is 0 Å². The minimum absolute atomic E-state index is 0.197. The van der Waals surface area contributed by atoms with Gasteiger partial charge in [0.1, 0.15) is 18.2 Å². The number of rotatable bonds is 8. The molecule has 0 bridgehead atoms. The van der Waals surface area contributed by atoms with Crippen LogP contribution in [-0.2, 0) is 14.3 Å². The number of amides is 2. The summed E-state index contributed by atoms with van der Waals surface area (Å²) in [4.78, 5) is 34.2. The molecule has 0 aliphatic carbocycles. The van der Waals surface area contributed by atoms with Gasteiger partial charge in [0, 0.05) is 6.54 Å². The fourth-order valence-electron chi connectivity index (χ4n) is 1.53. The van der Waals surface area contributed by atoms with Gasteiger partial charge in [-0.3, -0.25) is 15.0 Å². The molecular formula is C13H25N5O5. The maximum Gasteiger partial charge on any atom is 0.408 e. The Kier molecular flexibility index (Phi) is 8.45. The molecule has 0 saturated carbocycles. The Balaban J connectivity index is 4.58. The summed E-state index contributed by atoms with van der Waals surface area (Å²) in [7, 11) is 0. The molecule has 0 fully saturated rings. The van der Waals surface area contributed by atoms with Gasteiger partial charge >= 0.3 is 12.1 Å². The van der Waals surface area contributed by atoms with Crippen molar-refractivity contribution >= 4 is 23.9 Å². The minimum atomic E-state index is -1.19. The first-order valence-corrected chi connectivity index (χ1v) is 7.08. The third-order valence-corrected chi connectivity index (χ3v) is 2.41. The molecule has 0 aromatic carbocycles. The molecule has 132 valence electrons. The zero-order chi connectivity index (χ0) is 18.0. The number of nitrogens with one attached hydrogen (secondary N) is 4. The van der Waals surface area contributed by atoms with E-state index in [1.165, 1.54) is 0 Å². The average molecular weight is 331 g/mol. The van der Waals surface area contributed by atoms with Crippen molar-refractivity contribution in [3.8, 4) is 0 Å². The number of carboxylic acid groups (broad SMARTS) is 1. The second-order valence-corrected chi connectivity index (χ2v) is 5.79. The van der Waals surface area contributed by atoms with E-state index in [0.717, 1.165) is 0 Å². The van der Waals surface area contributed by atoms with Crippen molar-refractivity contribution in [3.63, 3.8) is 0 Å². The van der Waals surface area contributed by atoms with Crippen molar-refractivity contribution in [2.45, 2.75) is 45.3 Å². The molecule has 0 aromatic rings. The number of hydrogen-bond acceptors (Lipinski definition) is 5. The molecule has 0 rings (SSSR count). The fourth-order valence-corrected chi connectivity index (χ4v) is 1.53. The topological polar surface area (TPSA) is 167 Å². The molecule has 0 aromatic heterocycles. The molecule has 0 spiro atoms.